The zero-order valence-electron chi connectivity index (χ0n) is 16.3. The van der Waals surface area contributed by atoms with Crippen LogP contribution >= 0.6 is 0 Å². The van der Waals surface area contributed by atoms with Crippen LogP contribution in [0.4, 0.5) is 5.69 Å². The quantitative estimate of drug-likeness (QED) is 0.694. The SMILES string of the molecule is COc1cc(NC(=O)c2ccnc(-c3c(C)noc3C)c2)cc(OC)c1OC. The topological polar surface area (TPSA) is 95.7 Å². The van der Waals surface area contributed by atoms with E-state index in [1.54, 1.807) is 37.4 Å². The smallest absolute Gasteiger partial charge is 0.255 e. The summed E-state index contributed by atoms with van der Waals surface area (Å²) in [6, 6.07) is 6.65. The highest BCUT2D eigenvalue weighted by Crippen LogP contribution is 2.40. The number of amides is 1. The summed E-state index contributed by atoms with van der Waals surface area (Å²) in [4.78, 5) is 17.1. The molecular weight excluding hydrogens is 362 g/mol. The Hall–Kier alpha value is -3.55. The molecule has 28 heavy (non-hydrogen) atoms. The molecule has 0 atom stereocenters. The number of ether oxygens (including phenoxy) is 3. The van der Waals surface area contributed by atoms with Crippen molar-refractivity contribution in [3.05, 3.63) is 47.5 Å². The van der Waals surface area contributed by atoms with Crippen LogP contribution in [0, 0.1) is 13.8 Å². The molecule has 0 spiro atoms. The van der Waals surface area contributed by atoms with E-state index in [0.29, 0.717) is 45.6 Å². The standard InChI is InChI=1S/C20H21N3O5/c1-11-18(12(2)28-23-11)15-8-13(6-7-21-15)20(24)22-14-9-16(25-3)19(27-5)17(10-14)26-4/h6-10H,1-5H3,(H,22,24). The fraction of sp³-hybridized carbons (Fsp3) is 0.250. The highest BCUT2D eigenvalue weighted by molar-refractivity contribution is 6.05. The lowest BCUT2D eigenvalue weighted by Crippen LogP contribution is -2.12. The van der Waals surface area contributed by atoms with Gasteiger partial charge in [0.15, 0.2) is 11.5 Å². The molecule has 8 nitrogen and oxygen atoms in total. The van der Waals surface area contributed by atoms with Crippen molar-refractivity contribution in [2.24, 2.45) is 0 Å². The second-order valence-corrected chi connectivity index (χ2v) is 6.00. The second kappa shape index (κ2) is 7.99. The molecule has 8 heteroatoms. The van der Waals surface area contributed by atoms with Gasteiger partial charge in [-0.3, -0.25) is 9.78 Å². The van der Waals surface area contributed by atoms with Gasteiger partial charge in [-0.2, -0.15) is 0 Å². The number of nitrogens with zero attached hydrogens (tertiary/aromatic N) is 2. The number of anilines is 1. The van der Waals surface area contributed by atoms with Crippen LogP contribution < -0.4 is 19.5 Å². The van der Waals surface area contributed by atoms with Crippen LogP contribution in [0.2, 0.25) is 0 Å². The number of hydrogen-bond donors (Lipinski definition) is 1. The number of pyridine rings is 1. The Balaban J connectivity index is 1.91. The average molecular weight is 383 g/mol. The Morgan fingerprint density at radius 3 is 2.25 bits per heavy atom. The molecule has 0 fully saturated rings. The number of rotatable bonds is 6. The molecule has 0 radical (unpaired) electrons. The summed E-state index contributed by atoms with van der Waals surface area (Å²) < 4.78 is 21.1. The predicted molar refractivity (Wildman–Crippen MR) is 103 cm³/mol. The van der Waals surface area contributed by atoms with Crippen molar-refractivity contribution in [1.29, 1.82) is 0 Å². The van der Waals surface area contributed by atoms with Crippen LogP contribution in [0.15, 0.2) is 35.0 Å². The molecule has 3 aromatic rings. The van der Waals surface area contributed by atoms with Crippen LogP contribution in [0.25, 0.3) is 11.3 Å². The molecule has 0 aliphatic heterocycles. The van der Waals surface area contributed by atoms with Crippen molar-refractivity contribution in [2.45, 2.75) is 13.8 Å². The third kappa shape index (κ3) is 3.62. The monoisotopic (exact) mass is 383 g/mol. The highest BCUT2D eigenvalue weighted by Gasteiger charge is 2.17. The largest absolute Gasteiger partial charge is 0.493 e. The first-order valence-corrected chi connectivity index (χ1v) is 8.49. The fourth-order valence-electron chi connectivity index (χ4n) is 2.91. The van der Waals surface area contributed by atoms with Crippen LogP contribution in [0.1, 0.15) is 21.8 Å². The van der Waals surface area contributed by atoms with Crippen molar-refractivity contribution < 1.29 is 23.5 Å². The van der Waals surface area contributed by atoms with Crippen LogP contribution in [0.3, 0.4) is 0 Å². The van der Waals surface area contributed by atoms with Gasteiger partial charge in [0, 0.05) is 29.6 Å². The van der Waals surface area contributed by atoms with Gasteiger partial charge in [-0.1, -0.05) is 5.16 Å². The van der Waals surface area contributed by atoms with E-state index in [0.717, 1.165) is 5.56 Å². The highest BCUT2D eigenvalue weighted by atomic mass is 16.5. The maximum atomic E-state index is 12.8. The maximum Gasteiger partial charge on any atom is 0.255 e. The normalized spacial score (nSPS) is 10.5. The lowest BCUT2D eigenvalue weighted by Gasteiger charge is -2.14. The molecule has 0 bridgehead atoms. The van der Waals surface area contributed by atoms with Crippen LogP contribution in [-0.4, -0.2) is 37.4 Å². The number of methoxy groups -OCH3 is 3. The summed E-state index contributed by atoms with van der Waals surface area (Å²) in [5.41, 5.74) is 3.07. The van der Waals surface area contributed by atoms with Gasteiger partial charge in [-0.25, -0.2) is 0 Å². The molecule has 2 heterocycles. The molecule has 0 saturated heterocycles. The molecule has 0 saturated carbocycles. The Kier molecular flexibility index (Phi) is 5.49. The van der Waals surface area contributed by atoms with Gasteiger partial charge in [0.05, 0.1) is 38.3 Å². The van der Waals surface area contributed by atoms with Gasteiger partial charge in [0.25, 0.3) is 5.91 Å². The molecule has 0 aliphatic carbocycles. The number of carbonyl (C=O) groups excluding carboxylic acids is 1. The Labute approximate surface area is 162 Å². The van der Waals surface area contributed by atoms with E-state index in [1.807, 2.05) is 6.92 Å². The van der Waals surface area contributed by atoms with E-state index in [1.165, 1.54) is 21.3 Å². The molecule has 3 rings (SSSR count). The third-order valence-electron chi connectivity index (χ3n) is 4.23. The summed E-state index contributed by atoms with van der Waals surface area (Å²) in [5.74, 6) is 1.69. The molecule has 146 valence electrons. The van der Waals surface area contributed by atoms with Crippen molar-refractivity contribution in [2.75, 3.05) is 26.6 Å². The van der Waals surface area contributed by atoms with Gasteiger partial charge in [-0.05, 0) is 26.0 Å². The number of aryl methyl sites for hydroxylation is 2. The Morgan fingerprint density at radius 1 is 1.04 bits per heavy atom. The molecule has 1 amide bonds. The van der Waals surface area contributed by atoms with Crippen LogP contribution in [-0.2, 0) is 0 Å². The zero-order chi connectivity index (χ0) is 20.3. The lowest BCUT2D eigenvalue weighted by molar-refractivity contribution is 0.102. The minimum atomic E-state index is -0.301. The molecular formula is C20H21N3O5. The van der Waals surface area contributed by atoms with Gasteiger partial charge in [-0.15, -0.1) is 0 Å². The first-order chi connectivity index (χ1) is 13.5. The van der Waals surface area contributed by atoms with Crippen molar-refractivity contribution in [1.82, 2.24) is 10.1 Å². The maximum absolute atomic E-state index is 12.8. The summed E-state index contributed by atoms with van der Waals surface area (Å²) >= 11 is 0. The summed E-state index contributed by atoms with van der Waals surface area (Å²) in [7, 11) is 4.55. The van der Waals surface area contributed by atoms with Gasteiger partial charge in [0.2, 0.25) is 5.75 Å². The summed E-state index contributed by atoms with van der Waals surface area (Å²) in [5, 5.41) is 6.77. The van der Waals surface area contributed by atoms with E-state index in [2.05, 4.69) is 15.5 Å². The molecule has 0 aliphatic rings. The molecule has 1 N–H and O–H groups in total. The lowest BCUT2D eigenvalue weighted by atomic mass is 10.1. The van der Waals surface area contributed by atoms with Gasteiger partial charge >= 0.3 is 0 Å². The number of aromatic nitrogens is 2. The van der Waals surface area contributed by atoms with E-state index in [-0.39, 0.29) is 5.91 Å². The average Bonchev–Trinajstić information content (AvgIpc) is 3.05. The first kappa shape index (κ1) is 19.2. The van der Waals surface area contributed by atoms with Crippen molar-refractivity contribution in [3.63, 3.8) is 0 Å². The first-order valence-electron chi connectivity index (χ1n) is 8.49. The minimum absolute atomic E-state index is 0.301. The van der Waals surface area contributed by atoms with Crippen LogP contribution in [0.5, 0.6) is 17.2 Å². The Morgan fingerprint density at radius 2 is 1.71 bits per heavy atom. The zero-order valence-corrected chi connectivity index (χ0v) is 16.3. The molecule has 2 aromatic heterocycles. The fourth-order valence-corrected chi connectivity index (χ4v) is 2.91. The molecule has 1 aromatic carbocycles. The van der Waals surface area contributed by atoms with Crippen molar-refractivity contribution >= 4 is 11.6 Å². The van der Waals surface area contributed by atoms with E-state index in [4.69, 9.17) is 18.7 Å². The number of nitrogens with one attached hydrogen (secondary N) is 1. The number of carbonyl (C=O) groups is 1. The number of hydrogen-bond acceptors (Lipinski definition) is 7. The van der Waals surface area contributed by atoms with Gasteiger partial charge < -0.3 is 24.1 Å². The summed E-state index contributed by atoms with van der Waals surface area (Å²) in [6.07, 6.45) is 1.57. The van der Waals surface area contributed by atoms with Gasteiger partial charge in [0.1, 0.15) is 5.76 Å². The predicted octanol–water partition coefficient (Wildman–Crippen LogP) is 3.63. The molecule has 0 unspecified atom stereocenters. The van der Waals surface area contributed by atoms with Crippen molar-refractivity contribution in [3.8, 4) is 28.5 Å². The van der Waals surface area contributed by atoms with E-state index < -0.39 is 0 Å². The van der Waals surface area contributed by atoms with E-state index >= 15 is 0 Å². The minimum Gasteiger partial charge on any atom is -0.493 e. The third-order valence-corrected chi connectivity index (χ3v) is 4.23. The summed E-state index contributed by atoms with van der Waals surface area (Å²) in [6.45, 7) is 3.63. The second-order valence-electron chi connectivity index (χ2n) is 6.00. The van der Waals surface area contributed by atoms with E-state index in [9.17, 15) is 4.79 Å². The Bertz CT molecular complexity index is 968. The number of benzene rings is 1.